The minimum absolute atomic E-state index is 0.135. The topological polar surface area (TPSA) is 83.6 Å². The van der Waals surface area contributed by atoms with Crippen molar-refractivity contribution in [3.63, 3.8) is 0 Å². The Kier molecular flexibility index (Phi) is 5.59. The van der Waals surface area contributed by atoms with Crippen molar-refractivity contribution in [1.82, 2.24) is 4.90 Å². The van der Waals surface area contributed by atoms with Gasteiger partial charge in [0.25, 0.3) is 11.8 Å². The van der Waals surface area contributed by atoms with Crippen molar-refractivity contribution in [2.45, 2.75) is 0 Å². The average molecular weight is 453 g/mol. The molecule has 0 fully saturated rings. The lowest BCUT2D eigenvalue weighted by atomic mass is 10.0. The summed E-state index contributed by atoms with van der Waals surface area (Å²) in [7, 11) is 0. The molecular weight excluding hydrogens is 439 g/mol. The lowest BCUT2D eigenvalue weighted by Gasteiger charge is -2.15. The highest BCUT2D eigenvalue weighted by Crippen LogP contribution is 2.27. The summed E-state index contributed by atoms with van der Waals surface area (Å²) >= 11 is 12.2. The molecule has 3 aromatic rings. The molecule has 0 saturated carbocycles. The van der Waals surface area contributed by atoms with Gasteiger partial charge in [-0.1, -0.05) is 47.5 Å². The highest BCUT2D eigenvalue weighted by atomic mass is 35.5. The van der Waals surface area contributed by atoms with Crippen molar-refractivity contribution < 1.29 is 19.2 Å². The van der Waals surface area contributed by atoms with Crippen LogP contribution in [0.4, 0.5) is 5.69 Å². The molecule has 31 heavy (non-hydrogen) atoms. The van der Waals surface area contributed by atoms with Crippen LogP contribution in [0.3, 0.4) is 0 Å². The van der Waals surface area contributed by atoms with Gasteiger partial charge in [0.15, 0.2) is 5.78 Å². The number of fused-ring (bicyclic) bond motifs is 1. The van der Waals surface area contributed by atoms with Crippen LogP contribution in [-0.4, -0.2) is 34.9 Å². The van der Waals surface area contributed by atoms with E-state index in [9.17, 15) is 19.2 Å². The summed E-state index contributed by atoms with van der Waals surface area (Å²) in [6.45, 7) is -0.491. The zero-order chi connectivity index (χ0) is 22.1. The van der Waals surface area contributed by atoms with Gasteiger partial charge < -0.3 is 5.32 Å². The number of amides is 3. The lowest BCUT2D eigenvalue weighted by molar-refractivity contribution is -0.116. The number of rotatable bonds is 5. The summed E-state index contributed by atoms with van der Waals surface area (Å²) in [6.07, 6.45) is 0. The van der Waals surface area contributed by atoms with Crippen LogP contribution in [0.25, 0.3) is 0 Å². The third kappa shape index (κ3) is 3.95. The van der Waals surface area contributed by atoms with Crippen molar-refractivity contribution in [3.8, 4) is 0 Å². The van der Waals surface area contributed by atoms with Crippen molar-refractivity contribution in [2.75, 3.05) is 11.9 Å². The van der Waals surface area contributed by atoms with Crippen LogP contribution >= 0.6 is 23.2 Å². The summed E-state index contributed by atoms with van der Waals surface area (Å²) < 4.78 is 0. The Morgan fingerprint density at radius 2 is 1.42 bits per heavy atom. The molecule has 4 rings (SSSR count). The van der Waals surface area contributed by atoms with Crippen LogP contribution in [0, 0.1) is 0 Å². The van der Waals surface area contributed by atoms with E-state index in [2.05, 4.69) is 5.32 Å². The van der Waals surface area contributed by atoms with E-state index < -0.39 is 30.0 Å². The fourth-order valence-corrected chi connectivity index (χ4v) is 3.71. The molecule has 3 aromatic carbocycles. The predicted octanol–water partition coefficient (Wildman–Crippen LogP) is 4.46. The Balaban J connectivity index is 1.57. The van der Waals surface area contributed by atoms with Crippen LogP contribution in [0.15, 0.2) is 66.7 Å². The third-order valence-electron chi connectivity index (χ3n) is 4.80. The van der Waals surface area contributed by atoms with Crippen molar-refractivity contribution >= 4 is 52.4 Å². The Morgan fingerprint density at radius 3 is 2.06 bits per heavy atom. The largest absolute Gasteiger partial charge is 0.324 e. The van der Waals surface area contributed by atoms with Crippen molar-refractivity contribution in [3.05, 3.63) is 99.0 Å². The highest BCUT2D eigenvalue weighted by Gasteiger charge is 2.36. The van der Waals surface area contributed by atoms with E-state index in [1.54, 1.807) is 36.4 Å². The first-order chi connectivity index (χ1) is 14.9. The second kappa shape index (κ2) is 8.34. The zero-order valence-corrected chi connectivity index (χ0v) is 17.4. The summed E-state index contributed by atoms with van der Waals surface area (Å²) in [5, 5.41) is 3.15. The zero-order valence-electron chi connectivity index (χ0n) is 15.9. The van der Waals surface area contributed by atoms with Crippen LogP contribution < -0.4 is 5.32 Å². The molecule has 3 amide bonds. The number of halogens is 2. The maximum atomic E-state index is 13.0. The fourth-order valence-electron chi connectivity index (χ4n) is 3.32. The number of benzene rings is 3. The van der Waals surface area contributed by atoms with Gasteiger partial charge in [-0.15, -0.1) is 0 Å². The van der Waals surface area contributed by atoms with E-state index in [0.717, 1.165) is 4.90 Å². The summed E-state index contributed by atoms with van der Waals surface area (Å²) in [4.78, 5) is 51.5. The van der Waals surface area contributed by atoms with Gasteiger partial charge in [-0.25, -0.2) is 0 Å². The Hall–Kier alpha value is -3.48. The molecule has 0 spiro atoms. The van der Waals surface area contributed by atoms with Gasteiger partial charge in [-0.3, -0.25) is 24.1 Å². The summed E-state index contributed by atoms with van der Waals surface area (Å²) in [6, 6.07) is 17.3. The first-order valence-corrected chi connectivity index (χ1v) is 9.96. The van der Waals surface area contributed by atoms with E-state index in [0.29, 0.717) is 5.02 Å². The molecule has 0 aliphatic carbocycles. The van der Waals surface area contributed by atoms with Crippen LogP contribution in [-0.2, 0) is 4.79 Å². The fraction of sp³-hybridized carbons (Fsp3) is 0.0435. The van der Waals surface area contributed by atoms with Gasteiger partial charge in [-0.05, 0) is 42.5 Å². The van der Waals surface area contributed by atoms with Crippen molar-refractivity contribution in [2.24, 2.45) is 0 Å². The normalized spacial score (nSPS) is 12.6. The SMILES string of the molecule is O=C(CN1C(=O)c2ccccc2C1=O)Nc1ccc(Cl)cc1C(=O)c1ccccc1Cl. The molecule has 0 unspecified atom stereocenters. The minimum atomic E-state index is -0.634. The molecule has 6 nitrogen and oxygen atoms in total. The molecule has 0 aromatic heterocycles. The first kappa shape index (κ1) is 20.8. The number of imide groups is 1. The van der Waals surface area contributed by atoms with E-state index in [1.807, 2.05) is 0 Å². The molecule has 1 aliphatic heterocycles. The van der Waals surface area contributed by atoms with Crippen LogP contribution in [0.2, 0.25) is 10.0 Å². The van der Waals surface area contributed by atoms with Crippen molar-refractivity contribution in [1.29, 1.82) is 0 Å². The monoisotopic (exact) mass is 452 g/mol. The van der Waals surface area contributed by atoms with Crippen LogP contribution in [0.1, 0.15) is 36.6 Å². The minimum Gasteiger partial charge on any atom is -0.324 e. The van der Waals surface area contributed by atoms with Gasteiger partial charge in [0, 0.05) is 16.1 Å². The number of hydrogen-bond acceptors (Lipinski definition) is 4. The molecule has 1 N–H and O–H groups in total. The number of nitrogens with zero attached hydrogens (tertiary/aromatic N) is 1. The molecule has 8 heteroatoms. The number of nitrogens with one attached hydrogen (secondary N) is 1. The van der Waals surface area contributed by atoms with Gasteiger partial charge in [0.1, 0.15) is 6.54 Å². The number of hydrogen-bond donors (Lipinski definition) is 1. The molecule has 0 bridgehead atoms. The molecule has 0 saturated heterocycles. The quantitative estimate of drug-likeness (QED) is 0.457. The molecule has 154 valence electrons. The predicted molar refractivity (Wildman–Crippen MR) is 117 cm³/mol. The average Bonchev–Trinajstić information content (AvgIpc) is 3.00. The van der Waals surface area contributed by atoms with Crippen LogP contribution in [0.5, 0.6) is 0 Å². The second-order valence-corrected chi connectivity index (χ2v) is 7.63. The Labute approximate surface area is 187 Å². The number of ketones is 1. The molecule has 0 radical (unpaired) electrons. The van der Waals surface area contributed by atoms with Gasteiger partial charge in [0.05, 0.1) is 21.8 Å². The highest BCUT2D eigenvalue weighted by molar-refractivity contribution is 6.36. The summed E-state index contributed by atoms with van der Waals surface area (Å²) in [5.74, 6) is -2.15. The Bertz CT molecular complexity index is 1220. The van der Waals surface area contributed by atoms with E-state index in [1.165, 1.54) is 30.3 Å². The third-order valence-corrected chi connectivity index (χ3v) is 5.36. The van der Waals surface area contributed by atoms with Gasteiger partial charge >= 0.3 is 0 Å². The maximum Gasteiger partial charge on any atom is 0.262 e. The number of anilines is 1. The number of carbonyl (C=O) groups is 4. The lowest BCUT2D eigenvalue weighted by Crippen LogP contribution is -2.37. The standard InChI is InChI=1S/C23H14Cl2N2O4/c24-13-9-10-19(17(11-13)21(29)16-7-3-4-8-18(16)25)26-20(28)12-27-22(30)14-5-1-2-6-15(14)23(27)31/h1-11H,12H2,(H,26,28). The molecule has 1 aliphatic rings. The molecule has 1 heterocycles. The van der Waals surface area contributed by atoms with Gasteiger partial charge in [-0.2, -0.15) is 0 Å². The van der Waals surface area contributed by atoms with E-state index >= 15 is 0 Å². The second-order valence-electron chi connectivity index (χ2n) is 6.79. The Morgan fingerprint density at radius 1 is 0.806 bits per heavy atom. The molecule has 0 atom stereocenters. The van der Waals surface area contributed by atoms with E-state index in [4.69, 9.17) is 23.2 Å². The van der Waals surface area contributed by atoms with Gasteiger partial charge in [0.2, 0.25) is 5.91 Å². The first-order valence-electron chi connectivity index (χ1n) is 9.20. The van der Waals surface area contributed by atoms with E-state index in [-0.39, 0.29) is 33.0 Å². The number of carbonyl (C=O) groups excluding carboxylic acids is 4. The molecular formula is C23H14Cl2N2O4. The maximum absolute atomic E-state index is 13.0. The smallest absolute Gasteiger partial charge is 0.262 e. The summed E-state index contributed by atoms with van der Waals surface area (Å²) in [5.41, 5.74) is 1.08.